The van der Waals surface area contributed by atoms with Gasteiger partial charge in [-0.3, -0.25) is 0 Å². The van der Waals surface area contributed by atoms with Crippen LogP contribution in [-0.4, -0.2) is 9.97 Å². The summed E-state index contributed by atoms with van der Waals surface area (Å²) in [6.45, 7) is 4.79. The second-order valence-corrected chi connectivity index (χ2v) is 17.1. The molecule has 266 valence electrons. The molecule has 2 aromatic heterocycles. The van der Waals surface area contributed by atoms with E-state index < -0.39 is 0 Å². The number of hydrogen-bond donors (Lipinski definition) is 0. The fourth-order valence-electron chi connectivity index (χ4n) is 9.69. The van der Waals surface area contributed by atoms with Crippen molar-refractivity contribution in [3.8, 4) is 45.4 Å². The van der Waals surface area contributed by atoms with Crippen molar-refractivity contribution in [3.05, 3.63) is 167 Å². The van der Waals surface area contributed by atoms with Crippen LogP contribution in [0.2, 0.25) is 0 Å². The first-order chi connectivity index (χ1) is 26.3. The minimum absolute atomic E-state index is 0.349. The Hall–Kier alpha value is -5.54. The molecule has 3 heteroatoms. The van der Waals surface area contributed by atoms with Crippen molar-refractivity contribution >= 4 is 10.8 Å². The van der Waals surface area contributed by atoms with Gasteiger partial charge in [0, 0.05) is 23.3 Å². The number of pyridine rings is 2. The Bertz CT molecular complexity index is 2500. The van der Waals surface area contributed by atoms with Gasteiger partial charge in [-0.1, -0.05) is 117 Å². The molecule has 1 spiro atoms. The Morgan fingerprint density at radius 2 is 1.11 bits per heavy atom. The molecule has 1 fully saturated rings. The Morgan fingerprint density at radius 1 is 0.481 bits per heavy atom. The molecule has 0 atom stereocenters. The number of rotatable bonds is 6. The van der Waals surface area contributed by atoms with E-state index in [1.807, 2.05) is 18.2 Å². The lowest BCUT2D eigenvalue weighted by atomic mass is 9.71. The SMILES string of the molecule is CC1(C)CCC(c2cc(Oc3cccc(-c4cccc(-c5ccc6cc7c(cc6c5)CC5(Cc6ccccc6C5)C7)c4)n3)nc(-c3ccccc3)c2)CC1. The van der Waals surface area contributed by atoms with Crippen molar-refractivity contribution in [1.29, 1.82) is 0 Å². The largest absolute Gasteiger partial charge is 0.421 e. The summed E-state index contributed by atoms with van der Waals surface area (Å²) in [5, 5.41) is 2.65. The van der Waals surface area contributed by atoms with Crippen LogP contribution in [0.25, 0.3) is 44.4 Å². The lowest BCUT2D eigenvalue weighted by Crippen LogP contribution is -2.21. The normalized spacial score (nSPS) is 17.1. The molecule has 0 radical (unpaired) electrons. The fourth-order valence-corrected chi connectivity index (χ4v) is 9.69. The number of nitrogens with zero attached hydrogens (tertiary/aromatic N) is 2. The standard InChI is InChI=1S/C51H46N2O/c1-50(2)22-20-34(21-23-50)43-28-47(35-10-4-3-5-11-35)53-49(29-43)54-48-17-9-16-46(52-48)39-15-8-14-36(24-39)37-18-19-38-26-44-32-51(33-45(44)27-42(38)25-37)30-40-12-6-7-13-41(40)31-51/h3-19,24-29,34H,20-23,30-33H2,1-2H3. The minimum Gasteiger partial charge on any atom is -0.421 e. The molecule has 2 heterocycles. The average Bonchev–Trinajstić information content (AvgIpc) is 3.74. The minimum atomic E-state index is 0.349. The van der Waals surface area contributed by atoms with E-state index in [-0.39, 0.29) is 0 Å². The Labute approximate surface area is 319 Å². The Kier molecular flexibility index (Phi) is 8.02. The van der Waals surface area contributed by atoms with Gasteiger partial charge in [-0.05, 0) is 142 Å². The molecule has 0 aliphatic heterocycles. The van der Waals surface area contributed by atoms with Gasteiger partial charge in [-0.15, -0.1) is 0 Å². The van der Waals surface area contributed by atoms with Gasteiger partial charge in [0.15, 0.2) is 0 Å². The van der Waals surface area contributed by atoms with E-state index in [1.165, 1.54) is 90.0 Å². The van der Waals surface area contributed by atoms with Crippen molar-refractivity contribution in [2.45, 2.75) is 71.1 Å². The van der Waals surface area contributed by atoms with Crippen LogP contribution in [0.5, 0.6) is 11.8 Å². The summed E-state index contributed by atoms with van der Waals surface area (Å²) in [4.78, 5) is 10.0. The van der Waals surface area contributed by atoms with Crippen molar-refractivity contribution in [2.24, 2.45) is 10.8 Å². The fraction of sp³-hybridized carbons (Fsp3) is 0.255. The van der Waals surface area contributed by atoms with E-state index >= 15 is 0 Å². The van der Waals surface area contributed by atoms with E-state index in [0.717, 1.165) is 22.5 Å². The van der Waals surface area contributed by atoms with Gasteiger partial charge in [0.1, 0.15) is 0 Å². The Balaban J connectivity index is 0.913. The molecule has 3 nitrogen and oxygen atoms in total. The first-order valence-corrected chi connectivity index (χ1v) is 19.8. The van der Waals surface area contributed by atoms with E-state index in [1.54, 1.807) is 11.1 Å². The van der Waals surface area contributed by atoms with Gasteiger partial charge < -0.3 is 4.74 Å². The van der Waals surface area contributed by atoms with Crippen LogP contribution in [0.3, 0.4) is 0 Å². The maximum Gasteiger partial charge on any atom is 0.222 e. The molecular weight excluding hydrogens is 657 g/mol. The average molecular weight is 703 g/mol. The quantitative estimate of drug-likeness (QED) is 0.173. The van der Waals surface area contributed by atoms with Gasteiger partial charge in [-0.2, -0.15) is 0 Å². The molecule has 10 rings (SSSR count). The Morgan fingerprint density at radius 3 is 1.89 bits per heavy atom. The first kappa shape index (κ1) is 33.1. The number of benzene rings is 5. The molecule has 0 bridgehead atoms. The van der Waals surface area contributed by atoms with E-state index in [2.05, 4.69) is 135 Å². The summed E-state index contributed by atoms with van der Waals surface area (Å²) in [6, 6.07) is 50.5. The molecular formula is C51H46N2O. The van der Waals surface area contributed by atoms with Crippen LogP contribution >= 0.6 is 0 Å². The molecule has 54 heavy (non-hydrogen) atoms. The van der Waals surface area contributed by atoms with Crippen LogP contribution in [0, 0.1) is 10.8 Å². The molecule has 3 aliphatic carbocycles. The summed E-state index contributed by atoms with van der Waals surface area (Å²) in [5.74, 6) is 1.65. The summed E-state index contributed by atoms with van der Waals surface area (Å²) in [5.41, 5.74) is 14.6. The molecule has 3 aliphatic rings. The van der Waals surface area contributed by atoms with Gasteiger partial charge >= 0.3 is 0 Å². The van der Waals surface area contributed by atoms with Gasteiger partial charge in [-0.25, -0.2) is 9.97 Å². The van der Waals surface area contributed by atoms with Gasteiger partial charge in [0.05, 0.1) is 11.4 Å². The molecule has 0 amide bonds. The van der Waals surface area contributed by atoms with Crippen LogP contribution < -0.4 is 4.74 Å². The third kappa shape index (κ3) is 6.40. The highest BCUT2D eigenvalue weighted by Crippen LogP contribution is 2.48. The summed E-state index contributed by atoms with van der Waals surface area (Å²) >= 11 is 0. The zero-order chi connectivity index (χ0) is 36.3. The monoisotopic (exact) mass is 702 g/mol. The highest BCUT2D eigenvalue weighted by molar-refractivity contribution is 5.89. The molecule has 0 saturated heterocycles. The summed E-state index contributed by atoms with van der Waals surface area (Å²) < 4.78 is 6.51. The first-order valence-electron chi connectivity index (χ1n) is 19.8. The maximum atomic E-state index is 6.51. The maximum absolute atomic E-state index is 6.51. The van der Waals surface area contributed by atoms with Crippen LogP contribution in [-0.2, 0) is 25.7 Å². The van der Waals surface area contributed by atoms with E-state index in [0.29, 0.717) is 28.5 Å². The second-order valence-electron chi connectivity index (χ2n) is 17.1. The van der Waals surface area contributed by atoms with Crippen molar-refractivity contribution in [2.75, 3.05) is 0 Å². The highest BCUT2D eigenvalue weighted by atomic mass is 16.5. The zero-order valence-electron chi connectivity index (χ0n) is 31.3. The lowest BCUT2D eigenvalue weighted by molar-refractivity contribution is 0.224. The number of ether oxygens (including phenoxy) is 1. The number of aromatic nitrogens is 2. The molecule has 1 saturated carbocycles. The van der Waals surface area contributed by atoms with E-state index in [4.69, 9.17) is 14.7 Å². The van der Waals surface area contributed by atoms with Gasteiger partial charge in [0.25, 0.3) is 0 Å². The number of hydrogen-bond acceptors (Lipinski definition) is 3. The van der Waals surface area contributed by atoms with Crippen LogP contribution in [0.1, 0.15) is 73.3 Å². The second kappa shape index (κ2) is 13.1. The van der Waals surface area contributed by atoms with Crippen molar-refractivity contribution in [3.63, 3.8) is 0 Å². The lowest BCUT2D eigenvalue weighted by Gasteiger charge is -2.34. The van der Waals surface area contributed by atoms with Gasteiger partial charge in [0.2, 0.25) is 11.8 Å². The topological polar surface area (TPSA) is 35.0 Å². The molecule has 7 aromatic rings. The zero-order valence-corrected chi connectivity index (χ0v) is 31.3. The van der Waals surface area contributed by atoms with Crippen molar-refractivity contribution < 1.29 is 4.74 Å². The third-order valence-corrected chi connectivity index (χ3v) is 12.7. The summed E-state index contributed by atoms with van der Waals surface area (Å²) in [7, 11) is 0. The van der Waals surface area contributed by atoms with Crippen LogP contribution in [0.4, 0.5) is 0 Å². The summed E-state index contributed by atoms with van der Waals surface area (Å²) in [6.07, 6.45) is 9.58. The predicted molar refractivity (Wildman–Crippen MR) is 221 cm³/mol. The van der Waals surface area contributed by atoms with Crippen LogP contribution in [0.15, 0.2) is 140 Å². The smallest absolute Gasteiger partial charge is 0.222 e. The predicted octanol–water partition coefficient (Wildman–Crippen LogP) is 13.0. The van der Waals surface area contributed by atoms with E-state index in [9.17, 15) is 0 Å². The van der Waals surface area contributed by atoms with Crippen molar-refractivity contribution in [1.82, 2.24) is 9.97 Å². The molecule has 0 N–H and O–H groups in total. The third-order valence-electron chi connectivity index (χ3n) is 12.7. The molecule has 0 unspecified atom stereocenters. The molecule has 5 aromatic carbocycles. The highest BCUT2D eigenvalue weighted by Gasteiger charge is 2.42. The number of fused-ring (bicyclic) bond motifs is 3.